The minimum atomic E-state index is -1.77. The first-order valence-electron chi connectivity index (χ1n) is 13.3. The molecule has 0 spiro atoms. The molecule has 0 bridgehead atoms. The Hall–Kier alpha value is -4.69. The van der Waals surface area contributed by atoms with Crippen molar-refractivity contribution < 1.29 is 44.4 Å². The highest BCUT2D eigenvalue weighted by Crippen LogP contribution is 2.14. The van der Waals surface area contributed by atoms with Crippen LogP contribution < -0.4 is 27.4 Å². The molecule has 0 aliphatic rings. The van der Waals surface area contributed by atoms with Crippen molar-refractivity contribution in [3.05, 3.63) is 59.7 Å². The third-order valence-corrected chi connectivity index (χ3v) is 6.32. The van der Waals surface area contributed by atoms with Crippen molar-refractivity contribution in [2.75, 3.05) is 6.54 Å². The van der Waals surface area contributed by atoms with Gasteiger partial charge in [-0.1, -0.05) is 30.7 Å². The number of rotatable bonds is 17. The molecule has 2 aromatic rings. The molecule has 0 saturated carbocycles. The van der Waals surface area contributed by atoms with E-state index in [0.29, 0.717) is 36.9 Å². The highest BCUT2D eigenvalue weighted by Gasteiger charge is 2.31. The van der Waals surface area contributed by atoms with E-state index in [9.17, 15) is 39.3 Å². The van der Waals surface area contributed by atoms with Gasteiger partial charge in [0.15, 0.2) is 0 Å². The predicted molar refractivity (Wildman–Crippen MR) is 150 cm³/mol. The SMILES string of the molecule is NCCCCC(N)C(=O)NC(Cc1ccc(O)cc1)C(=O)NC(Cc1ccc(O)cc1)C(=O)NC(CC(=O)O)C(=O)O. The summed E-state index contributed by atoms with van der Waals surface area (Å²) < 4.78 is 0. The highest BCUT2D eigenvalue weighted by atomic mass is 16.4. The van der Waals surface area contributed by atoms with Crippen LogP contribution in [0.2, 0.25) is 0 Å². The third-order valence-electron chi connectivity index (χ3n) is 6.32. The number of phenols is 2. The lowest BCUT2D eigenvalue weighted by atomic mass is 10.0. The Morgan fingerprint density at radius 2 is 1.10 bits per heavy atom. The van der Waals surface area contributed by atoms with Crippen LogP contribution in [0.15, 0.2) is 48.5 Å². The van der Waals surface area contributed by atoms with Gasteiger partial charge in [-0.05, 0) is 54.8 Å². The van der Waals surface area contributed by atoms with E-state index in [1.165, 1.54) is 36.4 Å². The fourth-order valence-corrected chi connectivity index (χ4v) is 3.99. The van der Waals surface area contributed by atoms with E-state index < -0.39 is 60.2 Å². The van der Waals surface area contributed by atoms with Crippen molar-refractivity contribution in [2.45, 2.75) is 62.7 Å². The number of unbranched alkanes of at least 4 members (excludes halogenated alkanes) is 1. The van der Waals surface area contributed by atoms with Crippen LogP contribution in [0.25, 0.3) is 0 Å². The second kappa shape index (κ2) is 16.5. The second-order valence-electron chi connectivity index (χ2n) is 9.75. The molecule has 0 radical (unpaired) electrons. The van der Waals surface area contributed by atoms with Crippen LogP contribution in [-0.4, -0.2) is 80.8 Å². The van der Waals surface area contributed by atoms with Crippen LogP contribution >= 0.6 is 0 Å². The predicted octanol–water partition coefficient (Wildman–Crippen LogP) is -0.647. The molecule has 14 nitrogen and oxygen atoms in total. The van der Waals surface area contributed by atoms with Gasteiger partial charge in [0.05, 0.1) is 12.5 Å². The van der Waals surface area contributed by atoms with Gasteiger partial charge in [0.1, 0.15) is 29.6 Å². The molecule has 0 saturated heterocycles. The Morgan fingerprint density at radius 1 is 0.667 bits per heavy atom. The number of phenolic OH excluding ortho intramolecular Hbond substituents is 2. The van der Waals surface area contributed by atoms with E-state index in [1.807, 2.05) is 0 Å². The number of benzene rings is 2. The molecule has 0 fully saturated rings. The molecule has 2 aromatic carbocycles. The van der Waals surface area contributed by atoms with Crippen LogP contribution in [0.5, 0.6) is 11.5 Å². The largest absolute Gasteiger partial charge is 0.508 e. The van der Waals surface area contributed by atoms with Gasteiger partial charge in [-0.15, -0.1) is 0 Å². The maximum Gasteiger partial charge on any atom is 0.326 e. The van der Waals surface area contributed by atoms with Gasteiger partial charge in [-0.2, -0.15) is 0 Å². The summed E-state index contributed by atoms with van der Waals surface area (Å²) in [6.07, 6.45) is 0.472. The molecule has 4 atom stereocenters. The first-order chi connectivity index (χ1) is 19.9. The van der Waals surface area contributed by atoms with Gasteiger partial charge >= 0.3 is 11.9 Å². The van der Waals surface area contributed by atoms with E-state index in [1.54, 1.807) is 12.1 Å². The first kappa shape index (κ1) is 33.5. The number of nitrogens with one attached hydrogen (secondary N) is 3. The summed E-state index contributed by atoms with van der Waals surface area (Å²) in [6.45, 7) is 0.430. The number of hydrogen-bond donors (Lipinski definition) is 9. The number of aromatic hydroxyl groups is 2. The van der Waals surface area contributed by atoms with E-state index in [4.69, 9.17) is 16.6 Å². The van der Waals surface area contributed by atoms with E-state index in [2.05, 4.69) is 16.0 Å². The Bertz CT molecular complexity index is 1220. The van der Waals surface area contributed by atoms with Crippen LogP contribution in [0.3, 0.4) is 0 Å². The van der Waals surface area contributed by atoms with Gasteiger partial charge in [0, 0.05) is 12.8 Å². The van der Waals surface area contributed by atoms with Crippen LogP contribution in [0.1, 0.15) is 36.8 Å². The Balaban J connectivity index is 2.32. The molecule has 4 unspecified atom stereocenters. The zero-order chi connectivity index (χ0) is 31.2. The quantitative estimate of drug-likeness (QED) is 0.105. The summed E-state index contributed by atoms with van der Waals surface area (Å²) in [7, 11) is 0. The Labute approximate surface area is 242 Å². The number of carbonyl (C=O) groups excluding carboxylic acids is 3. The fourth-order valence-electron chi connectivity index (χ4n) is 3.99. The molecule has 11 N–H and O–H groups in total. The maximum atomic E-state index is 13.5. The molecule has 0 aromatic heterocycles. The van der Waals surface area contributed by atoms with Gasteiger partial charge in [0.25, 0.3) is 0 Å². The highest BCUT2D eigenvalue weighted by molar-refractivity contribution is 5.95. The van der Waals surface area contributed by atoms with Crippen molar-refractivity contribution in [1.82, 2.24) is 16.0 Å². The van der Waals surface area contributed by atoms with Gasteiger partial charge in [-0.3, -0.25) is 19.2 Å². The summed E-state index contributed by atoms with van der Waals surface area (Å²) in [4.78, 5) is 62.2. The minimum absolute atomic E-state index is 0.00862. The average Bonchev–Trinajstić information content (AvgIpc) is 2.93. The van der Waals surface area contributed by atoms with Gasteiger partial charge in [0.2, 0.25) is 17.7 Å². The van der Waals surface area contributed by atoms with Gasteiger partial charge in [-0.25, -0.2) is 4.79 Å². The summed E-state index contributed by atoms with van der Waals surface area (Å²) in [5.41, 5.74) is 12.5. The first-order valence-corrected chi connectivity index (χ1v) is 13.3. The number of nitrogens with two attached hydrogens (primary N) is 2. The lowest BCUT2D eigenvalue weighted by molar-refractivity contribution is -0.147. The fraction of sp³-hybridized carbons (Fsp3) is 0.393. The number of carboxylic acid groups (broad SMARTS) is 2. The molecule has 0 aliphatic heterocycles. The molecular formula is C28H37N5O9. The number of amides is 3. The monoisotopic (exact) mass is 587 g/mol. The lowest BCUT2D eigenvalue weighted by Crippen LogP contribution is -2.58. The number of aliphatic carboxylic acids is 2. The Kier molecular flexibility index (Phi) is 13.2. The second-order valence-corrected chi connectivity index (χ2v) is 9.75. The summed E-state index contributed by atoms with van der Waals surface area (Å²) in [5.74, 6) is -5.48. The summed E-state index contributed by atoms with van der Waals surface area (Å²) in [6, 6.07) is 6.27. The van der Waals surface area contributed by atoms with Crippen molar-refractivity contribution in [3.63, 3.8) is 0 Å². The molecule has 42 heavy (non-hydrogen) atoms. The van der Waals surface area contributed by atoms with Crippen molar-refractivity contribution in [3.8, 4) is 11.5 Å². The molecule has 0 heterocycles. The van der Waals surface area contributed by atoms with Crippen molar-refractivity contribution in [1.29, 1.82) is 0 Å². The average molecular weight is 588 g/mol. The van der Waals surface area contributed by atoms with Crippen LogP contribution in [0.4, 0.5) is 0 Å². The molecule has 3 amide bonds. The maximum absolute atomic E-state index is 13.5. The van der Waals surface area contributed by atoms with Crippen molar-refractivity contribution >= 4 is 29.7 Å². The smallest absolute Gasteiger partial charge is 0.326 e. The summed E-state index contributed by atoms with van der Waals surface area (Å²) >= 11 is 0. The molecule has 2 rings (SSSR count). The minimum Gasteiger partial charge on any atom is -0.508 e. The lowest BCUT2D eigenvalue weighted by Gasteiger charge is -2.25. The normalized spacial score (nSPS) is 13.7. The zero-order valence-electron chi connectivity index (χ0n) is 22.9. The molecule has 228 valence electrons. The zero-order valence-corrected chi connectivity index (χ0v) is 22.9. The number of hydrogen-bond acceptors (Lipinski definition) is 9. The van der Waals surface area contributed by atoms with Crippen molar-refractivity contribution in [2.24, 2.45) is 11.5 Å². The van der Waals surface area contributed by atoms with E-state index in [0.717, 1.165) is 0 Å². The number of carboxylic acids is 2. The van der Waals surface area contributed by atoms with E-state index >= 15 is 0 Å². The number of carbonyl (C=O) groups is 5. The van der Waals surface area contributed by atoms with Crippen LogP contribution in [-0.2, 0) is 36.8 Å². The molecule has 14 heteroatoms. The van der Waals surface area contributed by atoms with Crippen LogP contribution in [0, 0.1) is 0 Å². The molecule has 0 aliphatic carbocycles. The van der Waals surface area contributed by atoms with Gasteiger partial charge < -0.3 is 47.8 Å². The molecular weight excluding hydrogens is 550 g/mol. The Morgan fingerprint density at radius 3 is 1.50 bits per heavy atom. The summed E-state index contributed by atoms with van der Waals surface area (Å²) in [5, 5.41) is 44.9. The van der Waals surface area contributed by atoms with E-state index in [-0.39, 0.29) is 24.3 Å². The third kappa shape index (κ3) is 11.4. The topological polar surface area (TPSA) is 254 Å². The standard InChI is InChI=1S/C28H37N5O9/c29-12-2-1-3-20(30)25(38)31-21(13-16-4-8-18(34)9-5-16)26(39)32-22(14-17-6-10-19(35)11-7-17)27(40)33-23(28(41)42)15-24(36)37/h4-11,20-23,34-35H,1-3,12-15,29-30H2,(H,31,38)(H,32,39)(H,33,40)(H,36,37)(H,41,42).